The maximum absolute atomic E-state index is 13.0. The van der Waals surface area contributed by atoms with E-state index in [1.165, 1.54) is 4.57 Å². The number of halogens is 4. The molecule has 3 aromatic heterocycles. The number of aromatic nitrogens is 6. The quantitative estimate of drug-likeness (QED) is 0.447. The van der Waals surface area contributed by atoms with Crippen molar-refractivity contribution in [3.63, 3.8) is 0 Å². The molecule has 0 spiro atoms. The van der Waals surface area contributed by atoms with E-state index in [0.717, 1.165) is 22.8 Å². The molecule has 3 heterocycles. The molecule has 0 aliphatic carbocycles. The van der Waals surface area contributed by atoms with Gasteiger partial charge in [-0.1, -0.05) is 24.3 Å². The molecular weight excluding hydrogens is 405 g/mol. The van der Waals surface area contributed by atoms with Gasteiger partial charge in [0.15, 0.2) is 11.3 Å². The molecule has 0 saturated carbocycles. The Morgan fingerprint density at radius 3 is 2.45 bits per heavy atom. The third-order valence-corrected chi connectivity index (χ3v) is 4.78. The molecule has 0 saturated heterocycles. The Morgan fingerprint density at radius 1 is 1.07 bits per heavy atom. The fourth-order valence-electron chi connectivity index (χ4n) is 3.13. The van der Waals surface area contributed by atoms with Gasteiger partial charge >= 0.3 is 6.18 Å². The van der Waals surface area contributed by atoms with Crippen LogP contribution in [0.1, 0.15) is 23.9 Å². The number of imidazole rings is 1. The maximum atomic E-state index is 13.0. The zero-order chi connectivity index (χ0) is 20.8. The van der Waals surface area contributed by atoms with Gasteiger partial charge in [-0.15, -0.1) is 0 Å². The molecule has 4 aromatic rings. The average Bonchev–Trinajstić information content (AvgIpc) is 3.27. The van der Waals surface area contributed by atoms with Crippen molar-refractivity contribution >= 4 is 22.6 Å². The Hall–Kier alpha value is -2.94. The summed E-state index contributed by atoms with van der Waals surface area (Å²) >= 11 is 5.95. The van der Waals surface area contributed by atoms with Crippen LogP contribution in [-0.2, 0) is 19.3 Å². The van der Waals surface area contributed by atoms with E-state index < -0.39 is 11.9 Å². The predicted octanol–water partition coefficient (Wildman–Crippen LogP) is 4.74. The van der Waals surface area contributed by atoms with E-state index in [9.17, 15) is 13.2 Å². The minimum atomic E-state index is -4.47. The van der Waals surface area contributed by atoms with Crippen molar-refractivity contribution in [1.29, 1.82) is 0 Å². The Morgan fingerprint density at radius 2 is 1.79 bits per heavy atom. The largest absolute Gasteiger partial charge is 0.434 e. The molecule has 0 aliphatic rings. The number of rotatable bonds is 4. The van der Waals surface area contributed by atoms with Crippen LogP contribution in [0.2, 0.25) is 5.28 Å². The van der Waals surface area contributed by atoms with Gasteiger partial charge in [0.2, 0.25) is 5.28 Å². The first-order valence-electron chi connectivity index (χ1n) is 8.85. The highest BCUT2D eigenvalue weighted by molar-refractivity contribution is 6.28. The van der Waals surface area contributed by atoms with Crippen molar-refractivity contribution in [3.8, 4) is 11.4 Å². The van der Waals surface area contributed by atoms with Gasteiger partial charge in [-0.25, -0.2) is 14.6 Å². The first kappa shape index (κ1) is 19.4. The number of benzene rings is 1. The molecule has 29 heavy (non-hydrogen) atoms. The zero-order valence-corrected chi connectivity index (χ0v) is 16.3. The molecule has 0 fully saturated rings. The third-order valence-electron chi connectivity index (χ3n) is 4.61. The Bertz CT molecular complexity index is 1180. The SMILES string of the molecule is CCn1cc(C(F)(F)F)nc1-c1ccc(Cn2ncc3c(C)nc(Cl)nc32)cc1. The van der Waals surface area contributed by atoms with Crippen LogP contribution in [0.15, 0.2) is 36.7 Å². The molecule has 0 radical (unpaired) electrons. The Labute approximate surface area is 169 Å². The van der Waals surface area contributed by atoms with E-state index >= 15 is 0 Å². The Kier molecular flexibility index (Phi) is 4.77. The van der Waals surface area contributed by atoms with Crippen LogP contribution >= 0.6 is 11.6 Å². The highest BCUT2D eigenvalue weighted by Gasteiger charge is 2.34. The van der Waals surface area contributed by atoms with Gasteiger partial charge in [0, 0.05) is 18.3 Å². The number of aryl methyl sites for hydroxylation is 2. The van der Waals surface area contributed by atoms with Gasteiger partial charge in [-0.2, -0.15) is 23.3 Å². The molecule has 0 N–H and O–H groups in total. The predicted molar refractivity (Wildman–Crippen MR) is 103 cm³/mol. The first-order chi connectivity index (χ1) is 13.8. The topological polar surface area (TPSA) is 61.4 Å². The second-order valence-corrected chi connectivity index (χ2v) is 6.89. The number of fused-ring (bicyclic) bond motifs is 1. The van der Waals surface area contributed by atoms with Gasteiger partial charge in [0.25, 0.3) is 0 Å². The average molecular weight is 421 g/mol. The smallest absolute Gasteiger partial charge is 0.331 e. The summed E-state index contributed by atoms with van der Waals surface area (Å²) in [6.07, 6.45) is -1.76. The van der Waals surface area contributed by atoms with Crippen LogP contribution in [0.25, 0.3) is 22.4 Å². The fourth-order valence-corrected chi connectivity index (χ4v) is 3.34. The maximum Gasteiger partial charge on any atom is 0.434 e. The highest BCUT2D eigenvalue weighted by Crippen LogP contribution is 2.31. The lowest BCUT2D eigenvalue weighted by Crippen LogP contribution is -2.05. The Balaban J connectivity index is 1.63. The van der Waals surface area contributed by atoms with Crippen LogP contribution in [0, 0.1) is 6.92 Å². The molecule has 0 amide bonds. The molecule has 0 bridgehead atoms. The standard InChI is InChI=1S/C19H16ClF3N6/c1-3-28-10-15(19(21,22)23)26-16(28)13-6-4-12(5-7-13)9-29-17-14(8-24-29)11(2)25-18(20)27-17/h4-8,10H,3,9H2,1-2H3. The van der Waals surface area contributed by atoms with E-state index in [1.54, 1.807) is 29.9 Å². The normalized spacial score (nSPS) is 12.1. The lowest BCUT2D eigenvalue weighted by atomic mass is 10.1. The number of hydrogen-bond donors (Lipinski definition) is 0. The highest BCUT2D eigenvalue weighted by atomic mass is 35.5. The first-order valence-corrected chi connectivity index (χ1v) is 9.23. The summed E-state index contributed by atoms with van der Waals surface area (Å²) in [6.45, 7) is 4.44. The van der Waals surface area contributed by atoms with Gasteiger partial charge in [-0.05, 0) is 31.0 Å². The second kappa shape index (κ2) is 7.14. The molecule has 6 nitrogen and oxygen atoms in total. The number of hydrogen-bond acceptors (Lipinski definition) is 4. The molecule has 1 aromatic carbocycles. The summed E-state index contributed by atoms with van der Waals surface area (Å²) in [7, 11) is 0. The zero-order valence-electron chi connectivity index (χ0n) is 15.6. The van der Waals surface area contributed by atoms with E-state index in [2.05, 4.69) is 20.1 Å². The van der Waals surface area contributed by atoms with E-state index in [4.69, 9.17) is 11.6 Å². The van der Waals surface area contributed by atoms with Crippen LogP contribution in [0.5, 0.6) is 0 Å². The summed E-state index contributed by atoms with van der Waals surface area (Å²) < 4.78 is 42.2. The van der Waals surface area contributed by atoms with E-state index in [0.29, 0.717) is 24.3 Å². The lowest BCUT2D eigenvalue weighted by Gasteiger charge is -2.07. The third kappa shape index (κ3) is 3.69. The lowest BCUT2D eigenvalue weighted by molar-refractivity contribution is -0.140. The van der Waals surface area contributed by atoms with E-state index in [1.807, 2.05) is 19.1 Å². The van der Waals surface area contributed by atoms with Gasteiger partial charge in [0.1, 0.15) is 5.82 Å². The van der Waals surface area contributed by atoms with Gasteiger partial charge < -0.3 is 4.57 Å². The molecule has 0 atom stereocenters. The van der Waals surface area contributed by atoms with Gasteiger partial charge in [0.05, 0.1) is 23.8 Å². The summed E-state index contributed by atoms with van der Waals surface area (Å²) in [6, 6.07) is 7.17. The molecule has 0 unspecified atom stereocenters. The van der Waals surface area contributed by atoms with Crippen molar-refractivity contribution < 1.29 is 13.2 Å². The van der Waals surface area contributed by atoms with Crippen LogP contribution in [0.3, 0.4) is 0 Å². The van der Waals surface area contributed by atoms with Crippen molar-refractivity contribution in [3.05, 3.63) is 58.9 Å². The van der Waals surface area contributed by atoms with Crippen LogP contribution in [0.4, 0.5) is 13.2 Å². The van der Waals surface area contributed by atoms with Crippen molar-refractivity contribution in [2.24, 2.45) is 0 Å². The number of alkyl halides is 3. The molecule has 0 aliphatic heterocycles. The van der Waals surface area contributed by atoms with Crippen molar-refractivity contribution in [1.82, 2.24) is 29.3 Å². The molecule has 4 rings (SSSR count). The second-order valence-electron chi connectivity index (χ2n) is 6.55. The fraction of sp³-hybridized carbons (Fsp3) is 0.263. The minimum absolute atomic E-state index is 0.152. The van der Waals surface area contributed by atoms with Crippen LogP contribution in [-0.4, -0.2) is 29.3 Å². The summed E-state index contributed by atoms with van der Waals surface area (Å²) in [5.41, 5.74) is 2.00. The van der Waals surface area contributed by atoms with Gasteiger partial charge in [-0.3, -0.25) is 0 Å². The number of nitrogens with zero attached hydrogens (tertiary/aromatic N) is 6. The summed E-state index contributed by atoms with van der Waals surface area (Å²) in [5, 5.41) is 5.31. The van der Waals surface area contributed by atoms with Crippen molar-refractivity contribution in [2.45, 2.75) is 33.1 Å². The van der Waals surface area contributed by atoms with E-state index in [-0.39, 0.29) is 11.1 Å². The summed E-state index contributed by atoms with van der Waals surface area (Å²) in [5.74, 6) is 0.283. The monoisotopic (exact) mass is 420 g/mol. The van der Waals surface area contributed by atoms with Crippen molar-refractivity contribution in [2.75, 3.05) is 0 Å². The van der Waals surface area contributed by atoms with Crippen LogP contribution < -0.4 is 0 Å². The summed E-state index contributed by atoms with van der Waals surface area (Å²) in [4.78, 5) is 12.1. The molecular formula is C19H16ClF3N6. The molecule has 10 heteroatoms. The minimum Gasteiger partial charge on any atom is -0.331 e. The molecule has 150 valence electrons.